The molecule has 0 spiro atoms. The van der Waals surface area contributed by atoms with Gasteiger partial charge in [0.1, 0.15) is 11.4 Å². The average Bonchev–Trinajstić information content (AvgIpc) is 2.38. The molecule has 0 aliphatic carbocycles. The molecule has 3 heteroatoms. The summed E-state index contributed by atoms with van der Waals surface area (Å²) in [4.78, 5) is 0. The summed E-state index contributed by atoms with van der Waals surface area (Å²) in [5.74, 6) is 0.714. The van der Waals surface area contributed by atoms with E-state index in [1.165, 1.54) is 0 Å². The number of aliphatic hydroxyl groups excluding tert-OH is 1. The molecule has 0 fully saturated rings. The summed E-state index contributed by atoms with van der Waals surface area (Å²) in [5.41, 5.74) is 1.04. The summed E-state index contributed by atoms with van der Waals surface area (Å²) in [5, 5.41) is 19.0. The molecule has 1 aliphatic heterocycles. The molecule has 17 heavy (non-hydrogen) atoms. The van der Waals surface area contributed by atoms with Crippen molar-refractivity contribution in [2.75, 3.05) is 0 Å². The molecule has 0 radical (unpaired) electrons. The largest absolute Gasteiger partial charge is 0.487 e. The zero-order chi connectivity index (χ0) is 12.5. The zero-order valence-electron chi connectivity index (χ0n) is 10.2. The van der Waals surface area contributed by atoms with E-state index in [1.54, 1.807) is 18.2 Å². The maximum atomic E-state index is 10.2. The predicted octanol–water partition coefficient (Wildman–Crippen LogP) is 2.93. The SMILES string of the molecule is CCC1(CC)CC(O)c2cc(C#N)ccc2O1. The quantitative estimate of drug-likeness (QED) is 0.851. The fourth-order valence-corrected chi connectivity index (χ4v) is 2.39. The van der Waals surface area contributed by atoms with Gasteiger partial charge in [-0.3, -0.25) is 0 Å². The Morgan fingerprint density at radius 1 is 1.47 bits per heavy atom. The fraction of sp³-hybridized carbons (Fsp3) is 0.500. The monoisotopic (exact) mass is 231 g/mol. The van der Waals surface area contributed by atoms with Gasteiger partial charge >= 0.3 is 0 Å². The van der Waals surface area contributed by atoms with Crippen LogP contribution in [0.4, 0.5) is 0 Å². The number of nitriles is 1. The van der Waals surface area contributed by atoms with Gasteiger partial charge in [0.15, 0.2) is 0 Å². The van der Waals surface area contributed by atoms with Gasteiger partial charge in [-0.05, 0) is 31.0 Å². The smallest absolute Gasteiger partial charge is 0.126 e. The highest BCUT2D eigenvalue weighted by Gasteiger charge is 2.37. The van der Waals surface area contributed by atoms with Crippen molar-refractivity contribution in [2.45, 2.75) is 44.8 Å². The van der Waals surface area contributed by atoms with Crippen LogP contribution in [-0.4, -0.2) is 10.7 Å². The second-order valence-corrected chi connectivity index (χ2v) is 4.58. The molecule has 1 aromatic carbocycles. The summed E-state index contributed by atoms with van der Waals surface area (Å²) in [7, 11) is 0. The van der Waals surface area contributed by atoms with Gasteiger partial charge in [-0.1, -0.05) is 13.8 Å². The Kier molecular flexibility index (Phi) is 3.08. The molecule has 0 saturated heterocycles. The minimum Gasteiger partial charge on any atom is -0.487 e. The average molecular weight is 231 g/mol. The predicted molar refractivity (Wildman–Crippen MR) is 64.7 cm³/mol. The Balaban J connectivity index is 2.42. The second-order valence-electron chi connectivity index (χ2n) is 4.58. The minimum atomic E-state index is -0.535. The van der Waals surface area contributed by atoms with Gasteiger partial charge in [-0.25, -0.2) is 0 Å². The number of ether oxygens (including phenoxy) is 1. The molecule has 0 amide bonds. The lowest BCUT2D eigenvalue weighted by Crippen LogP contribution is -2.39. The lowest BCUT2D eigenvalue weighted by Gasteiger charge is -2.39. The summed E-state index contributed by atoms with van der Waals surface area (Å²) < 4.78 is 6.02. The van der Waals surface area contributed by atoms with Crippen LogP contribution in [0.3, 0.4) is 0 Å². The van der Waals surface area contributed by atoms with Crippen LogP contribution in [-0.2, 0) is 0 Å². The van der Waals surface area contributed by atoms with Crippen molar-refractivity contribution in [1.82, 2.24) is 0 Å². The molecule has 1 unspecified atom stereocenters. The number of hydrogen-bond donors (Lipinski definition) is 1. The van der Waals surface area contributed by atoms with E-state index in [4.69, 9.17) is 10.00 Å². The highest BCUT2D eigenvalue weighted by atomic mass is 16.5. The number of hydrogen-bond acceptors (Lipinski definition) is 3. The van der Waals surface area contributed by atoms with Gasteiger partial charge in [-0.15, -0.1) is 0 Å². The first kappa shape index (κ1) is 11.9. The summed E-state index contributed by atoms with van der Waals surface area (Å²) >= 11 is 0. The molecule has 0 aromatic heterocycles. The van der Waals surface area contributed by atoms with Crippen LogP contribution in [0.15, 0.2) is 18.2 Å². The third kappa shape index (κ3) is 2.01. The number of fused-ring (bicyclic) bond motifs is 1. The van der Waals surface area contributed by atoms with Crippen molar-refractivity contribution in [2.24, 2.45) is 0 Å². The number of rotatable bonds is 2. The molecule has 1 atom stereocenters. The molecular weight excluding hydrogens is 214 g/mol. The topological polar surface area (TPSA) is 53.2 Å². The first-order valence-electron chi connectivity index (χ1n) is 6.05. The number of aliphatic hydroxyl groups is 1. The van der Waals surface area contributed by atoms with E-state index in [-0.39, 0.29) is 5.60 Å². The zero-order valence-corrected chi connectivity index (χ0v) is 10.2. The van der Waals surface area contributed by atoms with Crippen molar-refractivity contribution in [1.29, 1.82) is 5.26 Å². The molecule has 90 valence electrons. The van der Waals surface area contributed by atoms with Crippen LogP contribution in [0, 0.1) is 11.3 Å². The van der Waals surface area contributed by atoms with Crippen molar-refractivity contribution >= 4 is 0 Å². The maximum Gasteiger partial charge on any atom is 0.126 e. The highest BCUT2D eigenvalue weighted by molar-refractivity contribution is 5.44. The van der Waals surface area contributed by atoms with Gasteiger partial charge in [0, 0.05) is 12.0 Å². The van der Waals surface area contributed by atoms with Crippen LogP contribution in [0.5, 0.6) is 5.75 Å². The lowest BCUT2D eigenvalue weighted by atomic mass is 9.84. The van der Waals surface area contributed by atoms with Crippen molar-refractivity contribution < 1.29 is 9.84 Å². The Labute approximate surface area is 102 Å². The van der Waals surface area contributed by atoms with E-state index in [2.05, 4.69) is 19.9 Å². The molecule has 1 aliphatic rings. The van der Waals surface area contributed by atoms with E-state index in [0.29, 0.717) is 17.7 Å². The molecule has 2 rings (SSSR count). The summed E-state index contributed by atoms with van der Waals surface area (Å²) in [6.07, 6.45) is 1.81. The van der Waals surface area contributed by atoms with Gasteiger partial charge in [-0.2, -0.15) is 5.26 Å². The fourth-order valence-electron chi connectivity index (χ4n) is 2.39. The second kappa shape index (κ2) is 4.38. The normalized spacial score (nSPS) is 21.2. The van der Waals surface area contributed by atoms with Crippen LogP contribution >= 0.6 is 0 Å². The van der Waals surface area contributed by atoms with Crippen LogP contribution in [0.25, 0.3) is 0 Å². The molecule has 3 nitrogen and oxygen atoms in total. The van der Waals surface area contributed by atoms with Crippen LogP contribution in [0.2, 0.25) is 0 Å². The van der Waals surface area contributed by atoms with Gasteiger partial charge in [0.05, 0.1) is 17.7 Å². The molecule has 1 N–H and O–H groups in total. The third-order valence-electron chi connectivity index (χ3n) is 3.68. The molecule has 1 aromatic rings. The van der Waals surface area contributed by atoms with Gasteiger partial charge in [0.2, 0.25) is 0 Å². The minimum absolute atomic E-state index is 0.263. The molecule has 0 bridgehead atoms. The van der Waals surface area contributed by atoms with Gasteiger partial charge < -0.3 is 9.84 Å². The molecule has 1 heterocycles. The first-order chi connectivity index (χ1) is 8.14. The van der Waals surface area contributed by atoms with E-state index >= 15 is 0 Å². The van der Waals surface area contributed by atoms with Crippen molar-refractivity contribution in [3.63, 3.8) is 0 Å². The summed E-state index contributed by atoms with van der Waals surface area (Å²) in [6, 6.07) is 7.31. The Morgan fingerprint density at radius 3 is 2.76 bits per heavy atom. The Hall–Kier alpha value is -1.53. The van der Waals surface area contributed by atoms with Gasteiger partial charge in [0.25, 0.3) is 0 Å². The third-order valence-corrected chi connectivity index (χ3v) is 3.68. The highest BCUT2D eigenvalue weighted by Crippen LogP contribution is 2.42. The van der Waals surface area contributed by atoms with Crippen molar-refractivity contribution in [3.8, 4) is 11.8 Å². The van der Waals surface area contributed by atoms with E-state index in [1.807, 2.05) is 0 Å². The standard InChI is InChI=1S/C14H17NO2/c1-3-14(4-2)8-12(16)11-7-10(9-15)5-6-13(11)17-14/h5-7,12,16H,3-4,8H2,1-2H3. The van der Waals surface area contributed by atoms with Crippen LogP contribution < -0.4 is 4.74 Å². The lowest BCUT2D eigenvalue weighted by molar-refractivity contribution is -0.0196. The first-order valence-corrected chi connectivity index (χ1v) is 6.05. The van der Waals surface area contributed by atoms with E-state index < -0.39 is 6.10 Å². The van der Waals surface area contributed by atoms with Crippen LogP contribution in [0.1, 0.15) is 50.3 Å². The molecular formula is C14H17NO2. The Morgan fingerprint density at radius 2 is 2.18 bits per heavy atom. The van der Waals surface area contributed by atoms with Crippen molar-refractivity contribution in [3.05, 3.63) is 29.3 Å². The number of benzene rings is 1. The summed E-state index contributed by atoms with van der Waals surface area (Å²) in [6.45, 7) is 4.15. The van der Waals surface area contributed by atoms with E-state index in [9.17, 15) is 5.11 Å². The number of nitrogens with zero attached hydrogens (tertiary/aromatic N) is 1. The maximum absolute atomic E-state index is 10.2. The molecule has 0 saturated carbocycles. The Bertz CT molecular complexity index is 458. The van der Waals surface area contributed by atoms with E-state index in [0.717, 1.165) is 18.4 Å².